The van der Waals surface area contributed by atoms with Crippen LogP contribution in [0.5, 0.6) is 0 Å². The van der Waals surface area contributed by atoms with Crippen LogP contribution in [-0.4, -0.2) is 9.85 Å². The Morgan fingerprint density at radius 1 is 1.05 bits per heavy atom. The van der Waals surface area contributed by atoms with Crippen molar-refractivity contribution >= 4 is 22.6 Å². The summed E-state index contributed by atoms with van der Waals surface area (Å²) in [5.74, 6) is -0.318. The zero-order valence-electron chi connectivity index (χ0n) is 14.5. The Morgan fingerprint density at radius 3 is 2.14 bits per heavy atom. The summed E-state index contributed by atoms with van der Waals surface area (Å²) in [4.78, 5) is 0. The second-order valence-electron chi connectivity index (χ2n) is 8.37. The molecule has 0 aromatic rings. The van der Waals surface area contributed by atoms with Gasteiger partial charge in [0.2, 0.25) is 5.92 Å². The van der Waals surface area contributed by atoms with Crippen molar-refractivity contribution in [2.24, 2.45) is 23.2 Å². The van der Waals surface area contributed by atoms with Crippen LogP contribution < -0.4 is 0 Å². The van der Waals surface area contributed by atoms with E-state index in [-0.39, 0.29) is 6.42 Å². The van der Waals surface area contributed by atoms with Crippen molar-refractivity contribution in [1.82, 2.24) is 0 Å². The molecule has 0 unspecified atom stereocenters. The van der Waals surface area contributed by atoms with Crippen LogP contribution >= 0.6 is 22.6 Å². The molecule has 0 aromatic heterocycles. The lowest BCUT2D eigenvalue weighted by Crippen LogP contribution is -2.28. The van der Waals surface area contributed by atoms with Gasteiger partial charge in [-0.25, -0.2) is 8.78 Å². The molecule has 0 aliphatic heterocycles. The van der Waals surface area contributed by atoms with E-state index in [0.29, 0.717) is 17.8 Å². The van der Waals surface area contributed by atoms with E-state index < -0.39 is 5.92 Å². The van der Waals surface area contributed by atoms with Gasteiger partial charge in [0.05, 0.1) is 0 Å². The fourth-order valence-electron chi connectivity index (χ4n) is 4.54. The third-order valence-corrected chi connectivity index (χ3v) is 7.69. The third kappa shape index (κ3) is 5.31. The van der Waals surface area contributed by atoms with Gasteiger partial charge in [0, 0.05) is 10.3 Å². The Hall–Kier alpha value is 0.590. The summed E-state index contributed by atoms with van der Waals surface area (Å²) in [7, 11) is 0. The van der Waals surface area contributed by atoms with Crippen LogP contribution in [0.15, 0.2) is 0 Å². The van der Waals surface area contributed by atoms with Crippen molar-refractivity contribution in [2.75, 3.05) is 0 Å². The highest BCUT2D eigenvalue weighted by Gasteiger charge is 2.52. The molecule has 2 atom stereocenters. The van der Waals surface area contributed by atoms with Gasteiger partial charge < -0.3 is 0 Å². The topological polar surface area (TPSA) is 0 Å². The van der Waals surface area contributed by atoms with Crippen LogP contribution in [0.4, 0.5) is 8.78 Å². The Bertz CT molecular complexity index is 338. The zero-order valence-corrected chi connectivity index (χ0v) is 16.7. The normalized spacial score (nSPS) is 30.8. The summed E-state index contributed by atoms with van der Waals surface area (Å²) in [6.45, 7) is 5.63. The van der Waals surface area contributed by atoms with Gasteiger partial charge in [-0.3, -0.25) is 0 Å². The molecule has 2 aliphatic rings. The predicted molar refractivity (Wildman–Crippen MR) is 98.9 cm³/mol. The average Bonchev–Trinajstić information content (AvgIpc) is 3.24. The molecule has 0 heterocycles. The van der Waals surface area contributed by atoms with E-state index in [0.717, 1.165) is 29.1 Å². The van der Waals surface area contributed by atoms with Crippen LogP contribution in [0.1, 0.15) is 85.0 Å². The SMILES string of the molecule is C[C@@H](CC[C@H](C)C1(C2CCC(I)CC2)CC1)CCC(C)(F)F. The summed E-state index contributed by atoms with van der Waals surface area (Å²) in [5, 5.41) is 0. The highest BCUT2D eigenvalue weighted by Crippen LogP contribution is 2.62. The van der Waals surface area contributed by atoms with Crippen molar-refractivity contribution in [3.8, 4) is 0 Å². The molecule has 0 aromatic carbocycles. The number of hydrogen-bond donors (Lipinski definition) is 0. The number of halogens is 3. The minimum absolute atomic E-state index is 0.0490. The second-order valence-corrected chi connectivity index (χ2v) is 10.1. The van der Waals surface area contributed by atoms with E-state index in [1.807, 2.05) is 0 Å². The summed E-state index contributed by atoms with van der Waals surface area (Å²) < 4.78 is 26.8. The largest absolute Gasteiger partial charge is 0.245 e. The van der Waals surface area contributed by atoms with E-state index >= 15 is 0 Å². The van der Waals surface area contributed by atoms with Gasteiger partial charge in [0.25, 0.3) is 0 Å². The van der Waals surface area contributed by atoms with Crippen LogP contribution in [0, 0.1) is 23.2 Å². The quantitative estimate of drug-likeness (QED) is 0.283. The van der Waals surface area contributed by atoms with Crippen molar-refractivity contribution in [1.29, 1.82) is 0 Å². The molecule has 2 saturated carbocycles. The second kappa shape index (κ2) is 7.65. The molecule has 2 fully saturated rings. The van der Waals surface area contributed by atoms with Crippen LogP contribution in [-0.2, 0) is 0 Å². The molecule has 0 saturated heterocycles. The van der Waals surface area contributed by atoms with Crippen LogP contribution in [0.2, 0.25) is 0 Å². The standard InChI is InChI=1S/C19H33F2I/c1-14(10-11-18(3,20)21)4-5-15(2)19(12-13-19)16-6-8-17(22)9-7-16/h14-17H,4-13H2,1-3H3/t14-,15-,16?,17?/m0/s1. The molecule has 3 heteroatoms. The Labute approximate surface area is 149 Å². The van der Waals surface area contributed by atoms with Crippen LogP contribution in [0.25, 0.3) is 0 Å². The molecule has 0 N–H and O–H groups in total. The lowest BCUT2D eigenvalue weighted by atomic mass is 9.70. The van der Waals surface area contributed by atoms with Gasteiger partial charge in [-0.2, -0.15) is 0 Å². The van der Waals surface area contributed by atoms with Gasteiger partial charge in [-0.15, -0.1) is 0 Å². The maximum atomic E-state index is 13.0. The van der Waals surface area contributed by atoms with E-state index in [1.165, 1.54) is 44.9 Å². The third-order valence-electron chi connectivity index (χ3n) is 6.45. The van der Waals surface area contributed by atoms with E-state index in [9.17, 15) is 8.78 Å². The van der Waals surface area contributed by atoms with E-state index in [1.54, 1.807) is 0 Å². The lowest BCUT2D eigenvalue weighted by Gasteiger charge is -2.36. The number of rotatable bonds is 8. The number of hydrogen-bond acceptors (Lipinski definition) is 0. The van der Waals surface area contributed by atoms with Gasteiger partial charge in [-0.05, 0) is 81.5 Å². The Kier molecular flexibility index (Phi) is 6.58. The molecule has 2 rings (SSSR count). The van der Waals surface area contributed by atoms with E-state index in [4.69, 9.17) is 0 Å². The minimum atomic E-state index is -2.49. The smallest absolute Gasteiger partial charge is 0.207 e. The van der Waals surface area contributed by atoms with Crippen molar-refractivity contribution in [2.45, 2.75) is 94.8 Å². The molecule has 130 valence electrons. The van der Waals surface area contributed by atoms with Gasteiger partial charge in [-0.1, -0.05) is 42.9 Å². The van der Waals surface area contributed by atoms with E-state index in [2.05, 4.69) is 36.4 Å². The molecule has 0 bridgehead atoms. The first-order valence-corrected chi connectivity index (χ1v) is 10.5. The molecule has 0 radical (unpaired) electrons. The van der Waals surface area contributed by atoms with Gasteiger partial charge in [0.1, 0.15) is 0 Å². The first-order valence-electron chi connectivity index (χ1n) is 9.25. The summed E-state index contributed by atoms with van der Waals surface area (Å²) in [6.07, 6.45) is 11.6. The number of alkyl halides is 3. The molecule has 0 amide bonds. The molecule has 0 nitrogen and oxygen atoms in total. The Morgan fingerprint density at radius 2 is 1.64 bits per heavy atom. The first kappa shape index (κ1) is 18.9. The highest BCUT2D eigenvalue weighted by atomic mass is 127. The van der Waals surface area contributed by atoms with Crippen LogP contribution in [0.3, 0.4) is 0 Å². The maximum absolute atomic E-state index is 13.0. The molecule has 0 spiro atoms. The molecular formula is C19H33F2I. The summed E-state index contributed by atoms with van der Waals surface area (Å²) >= 11 is 2.61. The predicted octanol–water partition coefficient (Wildman–Crippen LogP) is 7.25. The average molecular weight is 426 g/mol. The van der Waals surface area contributed by atoms with Crippen molar-refractivity contribution in [3.05, 3.63) is 0 Å². The lowest BCUT2D eigenvalue weighted by molar-refractivity contribution is 0.00655. The molecule has 22 heavy (non-hydrogen) atoms. The van der Waals surface area contributed by atoms with Gasteiger partial charge >= 0.3 is 0 Å². The highest BCUT2D eigenvalue weighted by molar-refractivity contribution is 14.1. The van der Waals surface area contributed by atoms with Gasteiger partial charge in [0.15, 0.2) is 0 Å². The monoisotopic (exact) mass is 426 g/mol. The summed E-state index contributed by atoms with van der Waals surface area (Å²) in [6, 6.07) is 0. The first-order chi connectivity index (χ1) is 10.2. The maximum Gasteiger partial charge on any atom is 0.245 e. The van der Waals surface area contributed by atoms with Crippen molar-refractivity contribution < 1.29 is 8.78 Å². The fourth-order valence-corrected chi connectivity index (χ4v) is 5.26. The fraction of sp³-hybridized carbons (Fsp3) is 1.00. The molecular weight excluding hydrogens is 393 g/mol. The molecule has 2 aliphatic carbocycles. The van der Waals surface area contributed by atoms with Crippen molar-refractivity contribution in [3.63, 3.8) is 0 Å². The summed E-state index contributed by atoms with van der Waals surface area (Å²) in [5.41, 5.74) is 0.630. The minimum Gasteiger partial charge on any atom is -0.207 e. The Balaban J connectivity index is 1.73. The zero-order chi connectivity index (χ0) is 16.4.